The van der Waals surface area contributed by atoms with Crippen molar-refractivity contribution >= 4 is 0 Å². The highest BCUT2D eigenvalue weighted by molar-refractivity contribution is 5.19. The molecule has 2 rings (SSSR count). The van der Waals surface area contributed by atoms with Crippen LogP contribution >= 0.6 is 0 Å². The van der Waals surface area contributed by atoms with E-state index in [4.69, 9.17) is 4.74 Å². The Kier molecular flexibility index (Phi) is 7.92. The fraction of sp³-hybridized carbons (Fsp3) is 0.600. The normalized spacial score (nSPS) is 18.9. The molecule has 0 aliphatic heterocycles. The van der Waals surface area contributed by atoms with Crippen LogP contribution in [0, 0.1) is 16.0 Å². The van der Waals surface area contributed by atoms with E-state index >= 15 is 0 Å². The van der Waals surface area contributed by atoms with Gasteiger partial charge in [-0.3, -0.25) is 10.1 Å². The minimum atomic E-state index is -0.188. The molecule has 1 aliphatic carbocycles. The van der Waals surface area contributed by atoms with Crippen LogP contribution in [0.15, 0.2) is 41.7 Å². The molecular weight excluding hydrogens is 316 g/mol. The second kappa shape index (κ2) is 10.2. The lowest BCUT2D eigenvalue weighted by Crippen LogP contribution is -2.39. The van der Waals surface area contributed by atoms with E-state index in [1.807, 2.05) is 18.2 Å². The van der Waals surface area contributed by atoms with Gasteiger partial charge in [0.25, 0.3) is 5.70 Å². The molecule has 1 aromatic carbocycles. The molecule has 0 saturated heterocycles. The number of hydrogen-bond acceptors (Lipinski definition) is 4. The van der Waals surface area contributed by atoms with Crippen molar-refractivity contribution in [3.8, 4) is 0 Å². The van der Waals surface area contributed by atoms with Gasteiger partial charge < -0.3 is 10.1 Å². The summed E-state index contributed by atoms with van der Waals surface area (Å²) in [5.41, 5.74) is 2.44. The van der Waals surface area contributed by atoms with Gasteiger partial charge in [0.15, 0.2) is 0 Å². The van der Waals surface area contributed by atoms with E-state index in [0.717, 1.165) is 44.2 Å². The third-order valence-electron chi connectivity index (χ3n) is 4.86. The zero-order chi connectivity index (χ0) is 18.1. The molecule has 0 saturated carbocycles. The molecule has 2 atom stereocenters. The van der Waals surface area contributed by atoms with Crippen LogP contribution in [0.2, 0.25) is 0 Å². The van der Waals surface area contributed by atoms with E-state index in [1.165, 1.54) is 5.56 Å². The van der Waals surface area contributed by atoms with Gasteiger partial charge in [0.2, 0.25) is 0 Å². The molecule has 0 amide bonds. The fourth-order valence-corrected chi connectivity index (χ4v) is 3.63. The molecule has 0 bridgehead atoms. The molecule has 5 nitrogen and oxygen atoms in total. The van der Waals surface area contributed by atoms with Crippen molar-refractivity contribution in [3.05, 3.63) is 57.4 Å². The molecule has 0 radical (unpaired) electrons. The molecule has 1 aliphatic rings. The van der Waals surface area contributed by atoms with E-state index in [1.54, 1.807) is 7.11 Å². The molecule has 0 heterocycles. The van der Waals surface area contributed by atoms with Gasteiger partial charge in [-0.1, -0.05) is 50.1 Å². The van der Waals surface area contributed by atoms with Gasteiger partial charge in [0, 0.05) is 19.4 Å². The topological polar surface area (TPSA) is 64.4 Å². The van der Waals surface area contributed by atoms with Crippen LogP contribution in [-0.4, -0.2) is 24.7 Å². The first-order valence-corrected chi connectivity index (χ1v) is 9.32. The number of allylic oxidation sites excluding steroid dienone is 2. The van der Waals surface area contributed by atoms with Crippen molar-refractivity contribution in [2.75, 3.05) is 13.7 Å². The van der Waals surface area contributed by atoms with E-state index in [0.29, 0.717) is 18.7 Å². The number of ether oxygens (including phenoxy) is 1. The number of hydrogen-bond donors (Lipinski definition) is 1. The Morgan fingerprint density at radius 3 is 2.76 bits per heavy atom. The van der Waals surface area contributed by atoms with Crippen molar-refractivity contribution in [1.29, 1.82) is 0 Å². The Bertz CT molecular complexity index is 572. The van der Waals surface area contributed by atoms with Crippen LogP contribution in [0.1, 0.15) is 51.0 Å². The molecule has 0 spiro atoms. The highest BCUT2D eigenvalue weighted by Gasteiger charge is 2.31. The summed E-state index contributed by atoms with van der Waals surface area (Å²) in [4.78, 5) is 11.4. The lowest BCUT2D eigenvalue weighted by molar-refractivity contribution is -0.431. The lowest BCUT2D eigenvalue weighted by atomic mass is 9.85. The first kappa shape index (κ1) is 19.4. The summed E-state index contributed by atoms with van der Waals surface area (Å²) in [6.45, 7) is 2.70. The standard InChI is InChI=1S/C20H30N2O3/c1-3-4-11-17-12-8-13-19(22(23)24)20(17)21-18(15-25-2)14-16-9-6-5-7-10-16/h5-7,9-10,17-18,21H,3-4,8,11-15H2,1-2H3/t17-,18-/m0/s1. The van der Waals surface area contributed by atoms with Crippen molar-refractivity contribution in [2.45, 2.75) is 57.9 Å². The molecule has 0 fully saturated rings. The van der Waals surface area contributed by atoms with Crippen LogP contribution in [0.3, 0.4) is 0 Å². The Hall–Kier alpha value is -1.88. The second-order valence-electron chi connectivity index (χ2n) is 6.84. The first-order chi connectivity index (χ1) is 12.2. The Morgan fingerprint density at radius 2 is 2.12 bits per heavy atom. The number of rotatable bonds is 10. The SMILES string of the molecule is CCCC[C@H]1CCCC([N+](=O)[O-])=C1N[C@H](COC)Cc1ccccc1. The maximum Gasteiger partial charge on any atom is 0.265 e. The summed E-state index contributed by atoms with van der Waals surface area (Å²) in [7, 11) is 1.68. The van der Waals surface area contributed by atoms with Crippen LogP contribution in [0.25, 0.3) is 0 Å². The minimum absolute atomic E-state index is 0.0413. The van der Waals surface area contributed by atoms with Crippen LogP contribution in [-0.2, 0) is 11.2 Å². The van der Waals surface area contributed by atoms with Crippen molar-refractivity contribution in [3.63, 3.8) is 0 Å². The Labute approximate surface area is 150 Å². The summed E-state index contributed by atoms with van der Waals surface area (Å²) < 4.78 is 5.37. The summed E-state index contributed by atoms with van der Waals surface area (Å²) >= 11 is 0. The number of nitrogens with one attached hydrogen (secondary N) is 1. The Balaban J connectivity index is 2.19. The molecule has 25 heavy (non-hydrogen) atoms. The summed E-state index contributed by atoms with van der Waals surface area (Å²) in [6, 6.07) is 10.2. The van der Waals surface area contributed by atoms with Gasteiger partial charge in [0.05, 0.1) is 23.3 Å². The van der Waals surface area contributed by atoms with Gasteiger partial charge in [-0.25, -0.2) is 0 Å². The highest BCUT2D eigenvalue weighted by atomic mass is 16.6. The predicted octanol–water partition coefficient (Wildman–Crippen LogP) is 4.31. The van der Waals surface area contributed by atoms with Crippen molar-refractivity contribution in [1.82, 2.24) is 5.32 Å². The minimum Gasteiger partial charge on any atom is -0.383 e. The molecule has 1 aromatic rings. The maximum absolute atomic E-state index is 11.6. The highest BCUT2D eigenvalue weighted by Crippen LogP contribution is 2.32. The quantitative estimate of drug-likeness (QED) is 0.506. The molecule has 1 N–H and O–H groups in total. The predicted molar refractivity (Wildman–Crippen MR) is 99.8 cm³/mol. The van der Waals surface area contributed by atoms with Crippen molar-refractivity contribution in [2.24, 2.45) is 5.92 Å². The molecular formula is C20H30N2O3. The van der Waals surface area contributed by atoms with E-state index in [2.05, 4.69) is 24.4 Å². The second-order valence-corrected chi connectivity index (χ2v) is 6.84. The number of nitrogens with zero attached hydrogens (tertiary/aromatic N) is 1. The number of nitro groups is 1. The largest absolute Gasteiger partial charge is 0.383 e. The number of benzene rings is 1. The van der Waals surface area contributed by atoms with Crippen LogP contribution < -0.4 is 5.32 Å². The average Bonchev–Trinajstić information content (AvgIpc) is 2.61. The summed E-state index contributed by atoms with van der Waals surface area (Å²) in [6.07, 6.45) is 6.53. The Morgan fingerprint density at radius 1 is 1.36 bits per heavy atom. The monoisotopic (exact) mass is 346 g/mol. The van der Waals surface area contributed by atoms with Gasteiger partial charge in [0.1, 0.15) is 0 Å². The molecule has 0 unspecified atom stereocenters. The van der Waals surface area contributed by atoms with E-state index < -0.39 is 0 Å². The van der Waals surface area contributed by atoms with Crippen molar-refractivity contribution < 1.29 is 9.66 Å². The van der Waals surface area contributed by atoms with Crippen LogP contribution in [0.5, 0.6) is 0 Å². The zero-order valence-electron chi connectivity index (χ0n) is 15.4. The van der Waals surface area contributed by atoms with Crippen LogP contribution in [0.4, 0.5) is 0 Å². The van der Waals surface area contributed by atoms with Gasteiger partial charge in [-0.15, -0.1) is 0 Å². The van der Waals surface area contributed by atoms with Gasteiger partial charge >= 0.3 is 0 Å². The smallest absolute Gasteiger partial charge is 0.265 e. The van der Waals surface area contributed by atoms with E-state index in [9.17, 15) is 10.1 Å². The zero-order valence-corrected chi connectivity index (χ0v) is 15.4. The van der Waals surface area contributed by atoms with Gasteiger partial charge in [-0.05, 0) is 31.2 Å². The third kappa shape index (κ3) is 5.85. The third-order valence-corrected chi connectivity index (χ3v) is 4.86. The fourth-order valence-electron chi connectivity index (χ4n) is 3.63. The molecule has 138 valence electrons. The molecule has 0 aromatic heterocycles. The number of unbranched alkanes of at least 4 members (excludes halogenated alkanes) is 1. The lowest BCUT2D eigenvalue weighted by Gasteiger charge is -2.29. The molecule has 5 heteroatoms. The van der Waals surface area contributed by atoms with Gasteiger partial charge in [-0.2, -0.15) is 0 Å². The first-order valence-electron chi connectivity index (χ1n) is 9.32. The van der Waals surface area contributed by atoms with E-state index in [-0.39, 0.29) is 16.9 Å². The summed E-state index contributed by atoms with van der Waals surface area (Å²) in [5.74, 6) is 0.268. The summed E-state index contributed by atoms with van der Waals surface area (Å²) in [5, 5.41) is 15.1. The average molecular weight is 346 g/mol. The number of methoxy groups -OCH3 is 1. The maximum atomic E-state index is 11.6.